The third kappa shape index (κ3) is 2.05. The van der Waals surface area contributed by atoms with Crippen LogP contribution in [0.25, 0.3) is 6.08 Å². The van der Waals surface area contributed by atoms with Gasteiger partial charge in [0.1, 0.15) is 0 Å². The van der Waals surface area contributed by atoms with Gasteiger partial charge in [-0.1, -0.05) is 42.0 Å². The first-order valence-electron chi connectivity index (χ1n) is 5.24. The lowest BCUT2D eigenvalue weighted by Gasteiger charge is -1.99. The van der Waals surface area contributed by atoms with Gasteiger partial charge in [-0.15, -0.1) is 0 Å². The lowest BCUT2D eigenvalue weighted by Crippen LogP contribution is -2.02. The summed E-state index contributed by atoms with van der Waals surface area (Å²) in [7, 11) is 0. The van der Waals surface area contributed by atoms with Gasteiger partial charge in [0.15, 0.2) is 0 Å². The lowest BCUT2D eigenvalue weighted by molar-refractivity contribution is 0.778. The van der Waals surface area contributed by atoms with Crippen LogP contribution in [0.5, 0.6) is 0 Å². The molecule has 1 saturated carbocycles. The van der Waals surface area contributed by atoms with Crippen molar-refractivity contribution in [3.8, 4) is 0 Å². The van der Waals surface area contributed by atoms with Gasteiger partial charge in [0.25, 0.3) is 0 Å². The predicted molar refractivity (Wildman–Crippen MR) is 60.7 cm³/mol. The molecule has 1 aliphatic carbocycles. The van der Waals surface area contributed by atoms with Crippen molar-refractivity contribution in [2.45, 2.75) is 13.3 Å². The van der Waals surface area contributed by atoms with E-state index in [0.29, 0.717) is 0 Å². The summed E-state index contributed by atoms with van der Waals surface area (Å²) in [6.45, 7) is 3.05. The van der Waals surface area contributed by atoms with E-state index in [1.165, 1.54) is 17.6 Å². The Morgan fingerprint density at radius 1 is 1.43 bits per heavy atom. The molecule has 1 heteroatoms. The molecule has 74 valence electrons. The standard InChI is InChI=1S/C13H17N/c1-10(13-8-12(13)9-14)7-11-5-3-2-4-6-11/h2-7,12-13H,8-9,14H2,1H3/b10-7-. The number of benzene rings is 1. The van der Waals surface area contributed by atoms with Gasteiger partial charge >= 0.3 is 0 Å². The first-order valence-corrected chi connectivity index (χ1v) is 5.24. The topological polar surface area (TPSA) is 26.0 Å². The van der Waals surface area contributed by atoms with Gasteiger partial charge in [0.05, 0.1) is 0 Å². The monoisotopic (exact) mass is 187 g/mol. The average Bonchev–Trinajstić information content (AvgIpc) is 2.98. The molecule has 0 radical (unpaired) electrons. The maximum absolute atomic E-state index is 5.63. The van der Waals surface area contributed by atoms with Crippen molar-refractivity contribution in [3.05, 3.63) is 41.5 Å². The molecule has 0 bridgehead atoms. The van der Waals surface area contributed by atoms with Gasteiger partial charge in [-0.2, -0.15) is 0 Å². The van der Waals surface area contributed by atoms with E-state index in [2.05, 4.69) is 37.3 Å². The summed E-state index contributed by atoms with van der Waals surface area (Å²) in [5.74, 6) is 1.50. The highest BCUT2D eigenvalue weighted by Crippen LogP contribution is 2.43. The van der Waals surface area contributed by atoms with Crippen molar-refractivity contribution in [1.82, 2.24) is 0 Å². The average molecular weight is 187 g/mol. The number of rotatable bonds is 3. The minimum absolute atomic E-state index is 0.745. The molecule has 2 N–H and O–H groups in total. The Kier molecular flexibility index (Phi) is 2.69. The predicted octanol–water partition coefficient (Wildman–Crippen LogP) is 2.68. The molecule has 0 aliphatic heterocycles. The van der Waals surface area contributed by atoms with Crippen LogP contribution in [0.15, 0.2) is 35.9 Å². The van der Waals surface area contributed by atoms with E-state index < -0.39 is 0 Å². The highest BCUT2D eigenvalue weighted by molar-refractivity contribution is 5.53. The zero-order valence-electron chi connectivity index (χ0n) is 8.61. The molecule has 2 rings (SSSR count). The Hall–Kier alpha value is -1.08. The zero-order chi connectivity index (χ0) is 9.97. The third-order valence-corrected chi connectivity index (χ3v) is 3.00. The first-order chi connectivity index (χ1) is 6.81. The zero-order valence-corrected chi connectivity index (χ0v) is 8.61. The van der Waals surface area contributed by atoms with E-state index in [4.69, 9.17) is 5.73 Å². The van der Waals surface area contributed by atoms with E-state index in [9.17, 15) is 0 Å². The van der Waals surface area contributed by atoms with Gasteiger partial charge in [-0.3, -0.25) is 0 Å². The molecule has 1 fully saturated rings. The number of hydrogen-bond donors (Lipinski definition) is 1. The van der Waals surface area contributed by atoms with Crippen LogP contribution in [-0.4, -0.2) is 6.54 Å². The maximum atomic E-state index is 5.63. The lowest BCUT2D eigenvalue weighted by atomic mass is 10.1. The van der Waals surface area contributed by atoms with Gasteiger partial charge < -0.3 is 5.73 Å². The Morgan fingerprint density at radius 2 is 2.14 bits per heavy atom. The summed E-state index contributed by atoms with van der Waals surface area (Å²) in [5, 5.41) is 0. The largest absolute Gasteiger partial charge is 0.330 e. The van der Waals surface area contributed by atoms with Crippen LogP contribution in [-0.2, 0) is 0 Å². The minimum atomic E-state index is 0.745. The molecule has 1 aromatic carbocycles. The molecule has 0 amide bonds. The van der Waals surface area contributed by atoms with Gasteiger partial charge in [-0.25, -0.2) is 0 Å². The molecular weight excluding hydrogens is 170 g/mol. The van der Waals surface area contributed by atoms with Crippen LogP contribution >= 0.6 is 0 Å². The fourth-order valence-electron chi connectivity index (χ4n) is 1.98. The van der Waals surface area contributed by atoms with E-state index in [0.717, 1.165) is 18.4 Å². The fourth-order valence-corrected chi connectivity index (χ4v) is 1.98. The molecule has 1 aromatic rings. The summed E-state index contributed by atoms with van der Waals surface area (Å²) in [6, 6.07) is 10.5. The second-order valence-electron chi connectivity index (χ2n) is 4.14. The Labute approximate surface area is 85.6 Å². The molecule has 0 spiro atoms. The fraction of sp³-hybridized carbons (Fsp3) is 0.385. The SMILES string of the molecule is C/C(=C/c1ccccc1)C1CC1CN. The van der Waals surface area contributed by atoms with E-state index in [-0.39, 0.29) is 0 Å². The Bertz CT molecular complexity index is 326. The molecular formula is C13H17N. The van der Waals surface area contributed by atoms with Gasteiger partial charge in [0.2, 0.25) is 0 Å². The number of nitrogens with two attached hydrogens (primary N) is 1. The molecule has 0 aromatic heterocycles. The molecule has 0 heterocycles. The van der Waals surface area contributed by atoms with Crippen LogP contribution < -0.4 is 5.73 Å². The third-order valence-electron chi connectivity index (χ3n) is 3.00. The molecule has 1 nitrogen and oxygen atoms in total. The highest BCUT2D eigenvalue weighted by atomic mass is 14.6. The highest BCUT2D eigenvalue weighted by Gasteiger charge is 2.36. The maximum Gasteiger partial charge on any atom is -0.00429 e. The number of allylic oxidation sites excluding steroid dienone is 1. The molecule has 2 unspecified atom stereocenters. The van der Waals surface area contributed by atoms with E-state index in [1.54, 1.807) is 0 Å². The second-order valence-corrected chi connectivity index (χ2v) is 4.14. The van der Waals surface area contributed by atoms with Crippen molar-refractivity contribution in [3.63, 3.8) is 0 Å². The minimum Gasteiger partial charge on any atom is -0.330 e. The van der Waals surface area contributed by atoms with Crippen molar-refractivity contribution in [2.75, 3.05) is 6.54 Å². The van der Waals surface area contributed by atoms with Crippen LogP contribution in [0, 0.1) is 11.8 Å². The smallest absolute Gasteiger partial charge is 0.00429 e. The van der Waals surface area contributed by atoms with Crippen LogP contribution in [0.2, 0.25) is 0 Å². The quantitative estimate of drug-likeness (QED) is 0.773. The second kappa shape index (κ2) is 3.97. The molecule has 1 aliphatic rings. The Morgan fingerprint density at radius 3 is 2.71 bits per heavy atom. The van der Waals surface area contributed by atoms with Crippen LogP contribution in [0.4, 0.5) is 0 Å². The molecule has 0 saturated heterocycles. The molecule has 2 atom stereocenters. The van der Waals surface area contributed by atoms with Crippen LogP contribution in [0.3, 0.4) is 0 Å². The Balaban J connectivity index is 2.05. The van der Waals surface area contributed by atoms with Crippen molar-refractivity contribution in [1.29, 1.82) is 0 Å². The normalized spacial score (nSPS) is 26.3. The van der Waals surface area contributed by atoms with Gasteiger partial charge in [-0.05, 0) is 37.3 Å². The number of hydrogen-bond acceptors (Lipinski definition) is 1. The molecule has 14 heavy (non-hydrogen) atoms. The summed E-state index contributed by atoms with van der Waals surface area (Å²) >= 11 is 0. The van der Waals surface area contributed by atoms with Crippen molar-refractivity contribution < 1.29 is 0 Å². The van der Waals surface area contributed by atoms with Crippen LogP contribution in [0.1, 0.15) is 18.9 Å². The summed E-state index contributed by atoms with van der Waals surface area (Å²) < 4.78 is 0. The summed E-state index contributed by atoms with van der Waals surface area (Å²) in [6.07, 6.45) is 3.56. The summed E-state index contributed by atoms with van der Waals surface area (Å²) in [4.78, 5) is 0. The van der Waals surface area contributed by atoms with E-state index in [1.807, 2.05) is 6.07 Å². The van der Waals surface area contributed by atoms with Gasteiger partial charge in [0, 0.05) is 0 Å². The van der Waals surface area contributed by atoms with E-state index >= 15 is 0 Å². The summed E-state index contributed by atoms with van der Waals surface area (Å²) in [5.41, 5.74) is 8.41. The first kappa shape index (κ1) is 9.47. The van der Waals surface area contributed by atoms with Crippen molar-refractivity contribution in [2.24, 2.45) is 17.6 Å². The van der Waals surface area contributed by atoms with Crippen molar-refractivity contribution >= 4 is 6.08 Å².